The second kappa shape index (κ2) is 7.85. The third-order valence-corrected chi connectivity index (χ3v) is 4.69. The Morgan fingerprint density at radius 3 is 2.64 bits per heavy atom. The first-order valence-electron chi connectivity index (χ1n) is 9.41. The van der Waals surface area contributed by atoms with E-state index in [1.54, 1.807) is 11.1 Å². The van der Waals surface area contributed by atoms with Crippen molar-refractivity contribution in [2.45, 2.75) is 39.7 Å². The van der Waals surface area contributed by atoms with Gasteiger partial charge in [0.05, 0.1) is 11.6 Å². The Bertz CT molecular complexity index is 965. The molecular weight excluding hydrogens is 350 g/mol. The molecule has 0 N–H and O–H groups in total. The molecule has 0 spiro atoms. The number of ether oxygens (including phenoxy) is 1. The fourth-order valence-electron chi connectivity index (χ4n) is 3.26. The molecule has 28 heavy (non-hydrogen) atoms. The molecule has 0 saturated carbocycles. The van der Waals surface area contributed by atoms with Crippen molar-refractivity contribution in [3.8, 4) is 17.2 Å². The molecule has 0 bridgehead atoms. The zero-order valence-corrected chi connectivity index (χ0v) is 16.8. The molecule has 1 aliphatic heterocycles. The van der Waals surface area contributed by atoms with Crippen molar-refractivity contribution in [2.24, 2.45) is 0 Å². The summed E-state index contributed by atoms with van der Waals surface area (Å²) < 4.78 is 5.47. The lowest BCUT2D eigenvalue weighted by atomic mass is 9.92. The summed E-state index contributed by atoms with van der Waals surface area (Å²) in [6.07, 6.45) is 6.19. The van der Waals surface area contributed by atoms with E-state index in [-0.39, 0.29) is 6.09 Å². The van der Waals surface area contributed by atoms with Gasteiger partial charge in [0.15, 0.2) is 0 Å². The molecule has 0 saturated heterocycles. The molecule has 2 aromatic rings. The van der Waals surface area contributed by atoms with Crippen LogP contribution in [0.3, 0.4) is 0 Å². The topological polar surface area (TPSA) is 66.2 Å². The van der Waals surface area contributed by atoms with Gasteiger partial charge in [0.25, 0.3) is 0 Å². The van der Waals surface area contributed by atoms with Gasteiger partial charge < -0.3 is 9.64 Å². The number of pyridine rings is 1. The summed E-state index contributed by atoms with van der Waals surface area (Å²) in [4.78, 5) is 18.3. The summed E-state index contributed by atoms with van der Waals surface area (Å²) >= 11 is 0. The lowest BCUT2D eigenvalue weighted by Crippen LogP contribution is -2.39. The predicted octanol–water partition coefficient (Wildman–Crippen LogP) is 4.95. The highest BCUT2D eigenvalue weighted by Gasteiger charge is 2.24. The molecule has 1 amide bonds. The van der Waals surface area contributed by atoms with Crippen molar-refractivity contribution in [3.05, 3.63) is 59.4 Å². The van der Waals surface area contributed by atoms with Crippen LogP contribution in [0.15, 0.2) is 42.7 Å². The van der Waals surface area contributed by atoms with Crippen LogP contribution in [-0.4, -0.2) is 34.7 Å². The smallest absolute Gasteiger partial charge is 0.410 e. The molecule has 0 aliphatic carbocycles. The third-order valence-electron chi connectivity index (χ3n) is 4.69. The van der Waals surface area contributed by atoms with Gasteiger partial charge in [-0.25, -0.2) is 4.79 Å². The Kier molecular flexibility index (Phi) is 5.51. The number of amides is 1. The minimum Gasteiger partial charge on any atom is -0.444 e. The van der Waals surface area contributed by atoms with Crippen LogP contribution >= 0.6 is 0 Å². The highest BCUT2D eigenvalue weighted by atomic mass is 16.6. The highest BCUT2D eigenvalue weighted by Crippen LogP contribution is 2.32. The van der Waals surface area contributed by atoms with E-state index in [9.17, 15) is 4.79 Å². The lowest BCUT2D eigenvalue weighted by molar-refractivity contribution is 0.0270. The lowest BCUT2D eigenvalue weighted by Gasteiger charge is -2.30. The number of benzene rings is 1. The normalized spacial score (nSPS) is 14.2. The van der Waals surface area contributed by atoms with Gasteiger partial charge in [-0.3, -0.25) is 4.98 Å². The maximum absolute atomic E-state index is 12.3. The third kappa shape index (κ3) is 4.40. The van der Waals surface area contributed by atoms with Crippen molar-refractivity contribution in [1.82, 2.24) is 9.88 Å². The van der Waals surface area contributed by atoms with E-state index in [0.717, 1.165) is 28.7 Å². The van der Waals surface area contributed by atoms with E-state index in [1.807, 2.05) is 58.2 Å². The van der Waals surface area contributed by atoms with E-state index in [1.165, 1.54) is 5.57 Å². The maximum atomic E-state index is 12.3. The van der Waals surface area contributed by atoms with E-state index in [4.69, 9.17) is 10.00 Å². The molecule has 3 rings (SSSR count). The van der Waals surface area contributed by atoms with Gasteiger partial charge in [-0.05, 0) is 68.5 Å². The Morgan fingerprint density at radius 1 is 1.25 bits per heavy atom. The number of carbonyl (C=O) groups excluding carboxylic acids is 1. The Labute approximate surface area is 166 Å². The van der Waals surface area contributed by atoms with Crippen LogP contribution in [0, 0.1) is 18.3 Å². The van der Waals surface area contributed by atoms with Crippen LogP contribution < -0.4 is 0 Å². The summed E-state index contributed by atoms with van der Waals surface area (Å²) in [5, 5.41) is 9.17. The van der Waals surface area contributed by atoms with Crippen LogP contribution in [-0.2, 0) is 4.74 Å². The Hall–Kier alpha value is -3.13. The van der Waals surface area contributed by atoms with Crippen LogP contribution in [0.2, 0.25) is 0 Å². The van der Waals surface area contributed by atoms with E-state index in [2.05, 4.69) is 17.1 Å². The van der Waals surface area contributed by atoms with Crippen molar-refractivity contribution in [3.63, 3.8) is 0 Å². The van der Waals surface area contributed by atoms with E-state index in [0.29, 0.717) is 18.7 Å². The van der Waals surface area contributed by atoms with Crippen LogP contribution in [0.25, 0.3) is 16.7 Å². The predicted molar refractivity (Wildman–Crippen MR) is 110 cm³/mol. The molecule has 2 heterocycles. The van der Waals surface area contributed by atoms with Crippen molar-refractivity contribution >= 4 is 11.7 Å². The molecule has 1 aliphatic rings. The van der Waals surface area contributed by atoms with Gasteiger partial charge in [0.1, 0.15) is 5.60 Å². The number of carbonyl (C=O) groups is 1. The molecule has 1 aromatic carbocycles. The quantitative estimate of drug-likeness (QED) is 0.745. The summed E-state index contributed by atoms with van der Waals surface area (Å²) in [5.74, 6) is 0. The molecule has 1 aromatic heterocycles. The second-order valence-electron chi connectivity index (χ2n) is 7.97. The molecule has 0 unspecified atom stereocenters. The zero-order valence-electron chi connectivity index (χ0n) is 16.8. The van der Waals surface area contributed by atoms with Gasteiger partial charge in [0, 0.05) is 31.0 Å². The monoisotopic (exact) mass is 375 g/mol. The summed E-state index contributed by atoms with van der Waals surface area (Å²) in [5.41, 5.74) is 5.52. The standard InChI is InChI=1S/C23H25N3O2/c1-16-13-18(5-6-19(16)14-24)20-7-10-25-15-21(20)17-8-11-26(12-9-17)22(27)28-23(2,3)4/h5-8,10,13,15H,9,11-12H2,1-4H3. The molecule has 0 atom stereocenters. The highest BCUT2D eigenvalue weighted by molar-refractivity contribution is 5.82. The Morgan fingerprint density at radius 2 is 2.04 bits per heavy atom. The summed E-state index contributed by atoms with van der Waals surface area (Å²) in [7, 11) is 0. The Balaban J connectivity index is 1.85. The van der Waals surface area contributed by atoms with Crippen molar-refractivity contribution in [2.75, 3.05) is 13.1 Å². The van der Waals surface area contributed by atoms with Gasteiger partial charge in [0.2, 0.25) is 0 Å². The van der Waals surface area contributed by atoms with Crippen LogP contribution in [0.1, 0.15) is 43.9 Å². The van der Waals surface area contributed by atoms with E-state index >= 15 is 0 Å². The molecule has 0 fully saturated rings. The average Bonchev–Trinajstić information content (AvgIpc) is 2.67. The molecule has 5 nitrogen and oxygen atoms in total. The largest absolute Gasteiger partial charge is 0.444 e. The zero-order chi connectivity index (χ0) is 20.3. The van der Waals surface area contributed by atoms with Crippen molar-refractivity contribution in [1.29, 1.82) is 5.26 Å². The van der Waals surface area contributed by atoms with E-state index < -0.39 is 5.60 Å². The van der Waals surface area contributed by atoms with Crippen LogP contribution in [0.5, 0.6) is 0 Å². The van der Waals surface area contributed by atoms with Gasteiger partial charge in [-0.1, -0.05) is 18.2 Å². The first-order chi connectivity index (χ1) is 13.3. The number of nitrogens with zero attached hydrogens (tertiary/aromatic N) is 3. The number of hydrogen-bond acceptors (Lipinski definition) is 4. The molecule has 5 heteroatoms. The summed E-state index contributed by atoms with van der Waals surface area (Å²) in [6, 6.07) is 10.1. The molecule has 0 radical (unpaired) electrons. The van der Waals surface area contributed by atoms with Crippen molar-refractivity contribution < 1.29 is 9.53 Å². The van der Waals surface area contributed by atoms with Crippen LogP contribution in [0.4, 0.5) is 4.79 Å². The average molecular weight is 375 g/mol. The summed E-state index contributed by atoms with van der Waals surface area (Å²) in [6.45, 7) is 8.70. The van der Waals surface area contributed by atoms with Gasteiger partial charge in [-0.15, -0.1) is 0 Å². The van der Waals surface area contributed by atoms with Gasteiger partial charge in [-0.2, -0.15) is 5.26 Å². The van der Waals surface area contributed by atoms with Gasteiger partial charge >= 0.3 is 6.09 Å². The second-order valence-corrected chi connectivity index (χ2v) is 7.97. The number of rotatable bonds is 2. The fraction of sp³-hybridized carbons (Fsp3) is 0.348. The first kappa shape index (κ1) is 19.6. The minimum atomic E-state index is -0.495. The first-order valence-corrected chi connectivity index (χ1v) is 9.41. The number of hydrogen-bond donors (Lipinski definition) is 0. The molecular formula is C23H25N3O2. The number of aryl methyl sites for hydroxylation is 1. The number of aromatic nitrogens is 1. The number of nitriles is 1. The SMILES string of the molecule is Cc1cc(-c2ccncc2C2=CCN(C(=O)OC(C)(C)C)CC2)ccc1C#N. The minimum absolute atomic E-state index is 0.281. The fourth-order valence-corrected chi connectivity index (χ4v) is 3.26. The maximum Gasteiger partial charge on any atom is 0.410 e. The molecule has 144 valence electrons.